The van der Waals surface area contributed by atoms with Crippen LogP contribution in [0.5, 0.6) is 0 Å². The zero-order valence-corrected chi connectivity index (χ0v) is 13.1. The lowest BCUT2D eigenvalue weighted by Gasteiger charge is -2.20. The zero-order valence-electron chi connectivity index (χ0n) is 7.54. The van der Waals surface area contributed by atoms with Gasteiger partial charge >= 0.3 is 0 Å². The molecule has 0 aromatic rings. The number of hydrogen-bond donors (Lipinski definition) is 0. The Kier molecular flexibility index (Phi) is 8.60. The van der Waals surface area contributed by atoms with E-state index in [1.807, 2.05) is 13.8 Å². The molecule has 14 heavy (non-hydrogen) atoms. The quantitative estimate of drug-likeness (QED) is 0.385. The lowest BCUT2D eigenvalue weighted by atomic mass is 10.9. The highest BCUT2D eigenvalue weighted by atomic mass is 35.6. The smallest absolute Gasteiger partial charge is 0.258 e. The number of rotatable bonds is 6. The first-order valence-electron chi connectivity index (χ1n) is 3.66. The molecule has 9 heteroatoms. The van der Waals surface area contributed by atoms with E-state index in [9.17, 15) is 0 Å². The van der Waals surface area contributed by atoms with Gasteiger partial charge in [-0.3, -0.25) is 0 Å². The van der Waals surface area contributed by atoms with Gasteiger partial charge in [-0.05, 0) is 36.4 Å². The Morgan fingerprint density at radius 3 is 1.93 bits per heavy atom. The van der Waals surface area contributed by atoms with E-state index < -0.39 is 8.82 Å². The fourth-order valence-corrected chi connectivity index (χ4v) is 8.96. The molecule has 0 aliphatic carbocycles. The minimum absolute atomic E-state index is 0.491. The fourth-order valence-electron chi connectivity index (χ4n) is 0.484. The molecule has 0 aromatic carbocycles. The average Bonchev–Trinajstić information content (AvgIpc) is 2.01. The van der Waals surface area contributed by atoms with Crippen molar-refractivity contribution in [3.05, 3.63) is 0 Å². The first kappa shape index (κ1) is 16.1. The minimum atomic E-state index is -2.36. The van der Waals surface area contributed by atoms with Crippen molar-refractivity contribution in [1.82, 2.24) is 0 Å². The molecule has 0 amide bonds. The van der Waals surface area contributed by atoms with Gasteiger partial charge in [-0.1, -0.05) is 34.8 Å². The van der Waals surface area contributed by atoms with Gasteiger partial charge in [0.15, 0.2) is 0 Å². The molecule has 0 aliphatic heterocycles. The Hall–Kier alpha value is 2.14. The molecule has 0 radical (unpaired) electrons. The third kappa shape index (κ3) is 8.31. The van der Waals surface area contributed by atoms with Crippen LogP contribution in [-0.2, 0) is 20.9 Å². The summed E-state index contributed by atoms with van der Waals surface area (Å²) in [5.41, 5.74) is -2.36. The van der Waals surface area contributed by atoms with Crippen LogP contribution in [0.25, 0.3) is 0 Å². The maximum absolute atomic E-state index is 5.57. The Balaban J connectivity index is 4.16. The lowest BCUT2D eigenvalue weighted by molar-refractivity contribution is 0.281. The zero-order chi connectivity index (χ0) is 11.2. The highest BCUT2D eigenvalue weighted by molar-refractivity contribution is 9.03. The Morgan fingerprint density at radius 1 is 1.21 bits per heavy atom. The van der Waals surface area contributed by atoms with Crippen molar-refractivity contribution >= 4 is 73.5 Å². The van der Waals surface area contributed by atoms with E-state index in [2.05, 4.69) is 0 Å². The molecule has 2 nitrogen and oxygen atoms in total. The maximum Gasteiger partial charge on any atom is 0.258 e. The molecular formula is C5H10Cl3O2PS3. The van der Waals surface area contributed by atoms with Crippen molar-refractivity contribution in [3.8, 4) is 0 Å². The summed E-state index contributed by atoms with van der Waals surface area (Å²) in [6.45, 7) is 4.68. The van der Waals surface area contributed by atoms with E-state index >= 15 is 0 Å². The second-order valence-corrected chi connectivity index (χ2v) is 13.0. The number of hydrogen-bond acceptors (Lipinski definition) is 5. The van der Waals surface area contributed by atoms with E-state index in [0.717, 1.165) is 10.8 Å². The second kappa shape index (κ2) is 7.46. The molecule has 0 saturated carbocycles. The molecule has 0 aromatic heterocycles. The normalized spacial score (nSPS) is 13.2. The van der Waals surface area contributed by atoms with Gasteiger partial charge in [0.2, 0.25) is 3.12 Å². The minimum Gasteiger partial charge on any atom is -0.321 e. The Morgan fingerprint density at radius 2 is 1.64 bits per heavy atom. The largest absolute Gasteiger partial charge is 0.321 e. The topological polar surface area (TPSA) is 18.5 Å². The van der Waals surface area contributed by atoms with Crippen molar-refractivity contribution < 1.29 is 9.05 Å². The van der Waals surface area contributed by atoms with E-state index in [0.29, 0.717) is 13.2 Å². The van der Waals surface area contributed by atoms with Gasteiger partial charge in [0.25, 0.3) is 5.69 Å². The van der Waals surface area contributed by atoms with E-state index in [-0.39, 0.29) is 0 Å². The van der Waals surface area contributed by atoms with Gasteiger partial charge < -0.3 is 9.05 Å². The molecule has 0 aliphatic rings. The maximum atomic E-state index is 5.57. The molecule has 0 unspecified atom stereocenters. The van der Waals surface area contributed by atoms with Crippen LogP contribution in [0.2, 0.25) is 0 Å². The first-order valence-corrected chi connectivity index (χ1v) is 10.2. The van der Waals surface area contributed by atoms with Gasteiger partial charge in [0.1, 0.15) is 0 Å². The van der Waals surface area contributed by atoms with E-state index in [1.54, 1.807) is 0 Å². The van der Waals surface area contributed by atoms with Crippen molar-refractivity contribution in [3.63, 3.8) is 0 Å². The SMILES string of the molecule is CCOP(=S)(OCC)SSC(Cl)(Cl)Cl. The highest BCUT2D eigenvalue weighted by Gasteiger charge is 2.28. The molecule has 0 atom stereocenters. The number of alkyl halides is 3. The van der Waals surface area contributed by atoms with Crippen LogP contribution in [0.1, 0.15) is 13.8 Å². The van der Waals surface area contributed by atoms with Crippen molar-refractivity contribution in [2.45, 2.75) is 17.0 Å². The third-order valence-corrected chi connectivity index (χ3v) is 10.7. The van der Waals surface area contributed by atoms with Gasteiger partial charge in [0, 0.05) is 10.4 Å². The first-order chi connectivity index (χ1) is 6.33. The molecule has 86 valence electrons. The van der Waals surface area contributed by atoms with Crippen molar-refractivity contribution in [2.75, 3.05) is 13.2 Å². The van der Waals surface area contributed by atoms with Crippen LogP contribution < -0.4 is 0 Å². The Bertz CT molecular complexity index is 201. The summed E-state index contributed by atoms with van der Waals surface area (Å²) in [5.74, 6) is 0. The van der Waals surface area contributed by atoms with Crippen LogP contribution in [-0.4, -0.2) is 16.3 Å². The van der Waals surface area contributed by atoms with Crippen LogP contribution in [0, 0.1) is 0 Å². The highest BCUT2D eigenvalue weighted by Crippen LogP contribution is 2.69. The monoisotopic (exact) mass is 334 g/mol. The van der Waals surface area contributed by atoms with E-state index in [1.165, 1.54) is 10.4 Å². The molecule has 0 heterocycles. The molecule has 0 N–H and O–H groups in total. The van der Waals surface area contributed by atoms with Gasteiger partial charge in [-0.2, -0.15) is 0 Å². The van der Waals surface area contributed by atoms with Crippen LogP contribution in [0.4, 0.5) is 0 Å². The van der Waals surface area contributed by atoms with Crippen LogP contribution >= 0.6 is 61.7 Å². The molecule has 0 rings (SSSR count). The summed E-state index contributed by atoms with van der Waals surface area (Å²) < 4.78 is 9.27. The molecule has 0 saturated heterocycles. The van der Waals surface area contributed by atoms with Crippen molar-refractivity contribution in [1.29, 1.82) is 0 Å². The van der Waals surface area contributed by atoms with Gasteiger partial charge in [-0.15, -0.1) is 0 Å². The summed E-state index contributed by atoms with van der Waals surface area (Å²) >= 11 is 21.9. The van der Waals surface area contributed by atoms with Gasteiger partial charge in [-0.25, -0.2) is 0 Å². The standard InChI is InChI=1S/C5H10Cl3O2PS3/c1-3-9-11(12,10-4-2)14-13-5(6,7)8/h3-4H2,1-2H3. The third-order valence-electron chi connectivity index (χ3n) is 0.797. The molecule has 0 spiro atoms. The van der Waals surface area contributed by atoms with Gasteiger partial charge in [0.05, 0.1) is 13.2 Å². The van der Waals surface area contributed by atoms with Crippen molar-refractivity contribution in [2.24, 2.45) is 0 Å². The second-order valence-electron chi connectivity index (χ2n) is 1.89. The van der Waals surface area contributed by atoms with Crippen LogP contribution in [0.3, 0.4) is 0 Å². The predicted molar refractivity (Wildman–Crippen MR) is 73.0 cm³/mol. The summed E-state index contributed by atoms with van der Waals surface area (Å²) in [6, 6.07) is 0. The number of halogens is 3. The summed E-state index contributed by atoms with van der Waals surface area (Å²) in [5, 5.41) is 0. The van der Waals surface area contributed by atoms with E-state index in [4.69, 9.17) is 55.7 Å². The average molecular weight is 336 g/mol. The lowest BCUT2D eigenvalue weighted by Crippen LogP contribution is -1.94. The molecule has 0 fully saturated rings. The fraction of sp³-hybridized carbons (Fsp3) is 1.00. The summed E-state index contributed by atoms with van der Waals surface area (Å²) in [4.78, 5) is 0. The summed E-state index contributed by atoms with van der Waals surface area (Å²) in [6.07, 6.45) is 0. The van der Waals surface area contributed by atoms with Crippen LogP contribution in [0.15, 0.2) is 0 Å². The molecule has 0 bridgehead atoms. The predicted octanol–water partition coefficient (Wildman–Crippen LogP) is 4.99. The molecular weight excluding hydrogens is 326 g/mol. The Labute approximate surface area is 112 Å². The summed E-state index contributed by atoms with van der Waals surface area (Å²) in [7, 11) is 2.21.